The molecule has 0 atom stereocenters. The minimum Gasteiger partial charge on any atom is -0.474 e. The molecule has 0 amide bonds. The highest BCUT2D eigenvalue weighted by molar-refractivity contribution is 7.89. The van der Waals surface area contributed by atoms with Crippen molar-refractivity contribution in [2.45, 2.75) is 55.3 Å². The van der Waals surface area contributed by atoms with Crippen LogP contribution in [0.1, 0.15) is 31.2 Å². The fourth-order valence-electron chi connectivity index (χ4n) is 3.25. The fourth-order valence-corrected chi connectivity index (χ4v) is 4.68. The molecule has 1 aromatic carbocycles. The van der Waals surface area contributed by atoms with Crippen LogP contribution in [0.25, 0.3) is 0 Å². The van der Waals surface area contributed by atoms with Crippen LogP contribution in [0.2, 0.25) is 0 Å². The number of para-hydroxylation sites is 1. The lowest BCUT2D eigenvalue weighted by Gasteiger charge is -2.29. The van der Waals surface area contributed by atoms with E-state index in [0.29, 0.717) is 31.9 Å². The number of pyridine rings is 1. The van der Waals surface area contributed by atoms with Gasteiger partial charge in [0.25, 0.3) is 0 Å². The maximum Gasteiger partial charge on any atom is 0.573 e. The van der Waals surface area contributed by atoms with E-state index in [2.05, 4.69) is 14.4 Å². The Bertz CT molecular complexity index is 1020. The summed E-state index contributed by atoms with van der Waals surface area (Å²) in [6, 6.07) is 5.81. The second-order valence-electron chi connectivity index (χ2n) is 7.09. The Balaban J connectivity index is 1.58. The second kappa shape index (κ2) is 9.14. The first kappa shape index (κ1) is 24.1. The highest BCUT2D eigenvalue weighted by atomic mass is 32.2. The van der Waals surface area contributed by atoms with Crippen LogP contribution in [0.3, 0.4) is 0 Å². The Kier molecular flexibility index (Phi) is 6.89. The zero-order valence-electron chi connectivity index (χ0n) is 16.3. The minimum atomic E-state index is -5.05. The van der Waals surface area contributed by atoms with Crippen LogP contribution in [0.15, 0.2) is 47.5 Å². The third-order valence-electron chi connectivity index (χ3n) is 4.71. The number of rotatable bonds is 6. The Morgan fingerprint density at radius 1 is 0.938 bits per heavy atom. The van der Waals surface area contributed by atoms with Crippen molar-refractivity contribution in [2.24, 2.45) is 0 Å². The number of aromatic nitrogens is 1. The van der Waals surface area contributed by atoms with Gasteiger partial charge < -0.3 is 9.47 Å². The number of benzene rings is 1. The summed E-state index contributed by atoms with van der Waals surface area (Å²) >= 11 is 0. The lowest BCUT2D eigenvalue weighted by Crippen LogP contribution is -2.40. The van der Waals surface area contributed by atoms with Gasteiger partial charge >= 0.3 is 12.5 Å². The summed E-state index contributed by atoms with van der Waals surface area (Å²) in [4.78, 5) is 3.00. The van der Waals surface area contributed by atoms with E-state index in [4.69, 9.17) is 4.74 Å². The summed E-state index contributed by atoms with van der Waals surface area (Å²) in [7, 11) is -4.29. The molecule has 1 saturated carbocycles. The summed E-state index contributed by atoms with van der Waals surface area (Å²) in [5.41, 5.74) is -0.905. The lowest BCUT2D eigenvalue weighted by atomic mass is 9.94. The first-order chi connectivity index (χ1) is 14.8. The summed E-state index contributed by atoms with van der Waals surface area (Å²) in [5.74, 6) is -0.821. The topological polar surface area (TPSA) is 77.5 Å². The minimum absolute atomic E-state index is 0.0141. The molecular formula is C19H18F6N2O4S. The molecule has 3 rings (SSSR count). The van der Waals surface area contributed by atoms with Gasteiger partial charge in [-0.1, -0.05) is 12.1 Å². The van der Waals surface area contributed by atoms with Crippen molar-refractivity contribution in [2.75, 3.05) is 0 Å². The molecule has 1 N–H and O–H groups in total. The van der Waals surface area contributed by atoms with Crippen LogP contribution in [0, 0.1) is 0 Å². The van der Waals surface area contributed by atoms with Gasteiger partial charge in [0.05, 0.1) is 5.56 Å². The highest BCUT2D eigenvalue weighted by Crippen LogP contribution is 2.32. The molecule has 1 aliphatic rings. The molecule has 1 aromatic heterocycles. The Morgan fingerprint density at radius 2 is 1.59 bits per heavy atom. The summed E-state index contributed by atoms with van der Waals surface area (Å²) < 4.78 is 112. The van der Waals surface area contributed by atoms with Gasteiger partial charge in [-0.3, -0.25) is 0 Å². The molecule has 2 aromatic rings. The molecule has 176 valence electrons. The average molecular weight is 484 g/mol. The maximum atomic E-state index is 12.6. The van der Waals surface area contributed by atoms with E-state index in [-0.39, 0.29) is 12.0 Å². The summed E-state index contributed by atoms with van der Waals surface area (Å²) in [6.07, 6.45) is -7.92. The van der Waals surface area contributed by atoms with Crippen LogP contribution in [-0.2, 0) is 16.2 Å². The van der Waals surface area contributed by atoms with Crippen LogP contribution in [0.4, 0.5) is 26.3 Å². The van der Waals surface area contributed by atoms with Crippen molar-refractivity contribution in [3.63, 3.8) is 0 Å². The third-order valence-corrected chi connectivity index (χ3v) is 6.27. The van der Waals surface area contributed by atoms with E-state index in [0.717, 1.165) is 24.3 Å². The van der Waals surface area contributed by atoms with Gasteiger partial charge in [0.2, 0.25) is 15.9 Å². The van der Waals surface area contributed by atoms with Gasteiger partial charge in [-0.15, -0.1) is 13.2 Å². The quantitative estimate of drug-likeness (QED) is 0.604. The molecule has 1 heterocycles. The van der Waals surface area contributed by atoms with Crippen molar-refractivity contribution in [3.05, 3.63) is 48.2 Å². The predicted molar refractivity (Wildman–Crippen MR) is 99.4 cm³/mol. The van der Waals surface area contributed by atoms with E-state index in [9.17, 15) is 34.8 Å². The smallest absolute Gasteiger partial charge is 0.474 e. The SMILES string of the molecule is O=S(=O)(NC1CCC(Oc2ccc(C(F)(F)F)cn2)CC1)c1ccccc1OC(F)(F)F. The first-order valence-electron chi connectivity index (χ1n) is 9.40. The number of halogens is 6. The number of alkyl halides is 6. The molecule has 13 heteroatoms. The first-order valence-corrected chi connectivity index (χ1v) is 10.9. The maximum absolute atomic E-state index is 12.6. The molecular weight excluding hydrogens is 466 g/mol. The molecule has 1 fully saturated rings. The van der Waals surface area contributed by atoms with Crippen molar-refractivity contribution in [3.8, 4) is 11.6 Å². The van der Waals surface area contributed by atoms with E-state index >= 15 is 0 Å². The van der Waals surface area contributed by atoms with Gasteiger partial charge in [0, 0.05) is 18.3 Å². The monoisotopic (exact) mass is 484 g/mol. The Labute approximate surface area is 179 Å². The summed E-state index contributed by atoms with van der Waals surface area (Å²) in [5, 5.41) is 0. The average Bonchev–Trinajstić information content (AvgIpc) is 2.68. The zero-order chi connectivity index (χ0) is 23.6. The fraction of sp³-hybridized carbons (Fsp3) is 0.421. The number of ether oxygens (including phenoxy) is 2. The van der Waals surface area contributed by atoms with Crippen LogP contribution in [0.5, 0.6) is 11.6 Å². The molecule has 6 nitrogen and oxygen atoms in total. The number of sulfonamides is 1. The Morgan fingerprint density at radius 3 is 2.16 bits per heavy atom. The van der Waals surface area contributed by atoms with Crippen molar-refractivity contribution >= 4 is 10.0 Å². The normalized spacial score (nSPS) is 20.1. The van der Waals surface area contributed by atoms with E-state index in [1.807, 2.05) is 0 Å². The molecule has 0 radical (unpaired) electrons. The van der Waals surface area contributed by atoms with Crippen LogP contribution < -0.4 is 14.2 Å². The van der Waals surface area contributed by atoms with Gasteiger partial charge in [0.1, 0.15) is 16.7 Å². The predicted octanol–water partition coefficient (Wildman–Crippen LogP) is 4.67. The number of hydrogen-bond acceptors (Lipinski definition) is 5. The van der Waals surface area contributed by atoms with Gasteiger partial charge in [-0.25, -0.2) is 18.1 Å². The molecule has 0 saturated heterocycles. The molecule has 0 spiro atoms. The van der Waals surface area contributed by atoms with Crippen molar-refractivity contribution < 1.29 is 44.2 Å². The van der Waals surface area contributed by atoms with Gasteiger partial charge in [0.15, 0.2) is 0 Å². The lowest BCUT2D eigenvalue weighted by molar-refractivity contribution is -0.275. The number of nitrogens with zero attached hydrogens (tertiary/aromatic N) is 1. The van der Waals surface area contributed by atoms with Gasteiger partial charge in [-0.2, -0.15) is 13.2 Å². The third kappa shape index (κ3) is 6.48. The second-order valence-corrected chi connectivity index (χ2v) is 8.77. The van der Waals surface area contributed by atoms with Crippen molar-refractivity contribution in [1.82, 2.24) is 9.71 Å². The van der Waals surface area contributed by atoms with Crippen molar-refractivity contribution in [1.29, 1.82) is 0 Å². The standard InChI is InChI=1S/C19H18F6N2O4S/c20-18(21,22)12-5-10-17(26-11-12)30-14-8-6-13(7-9-14)27-32(28,29)16-4-2-1-3-15(16)31-19(23,24)25/h1-5,10-11,13-14,27H,6-9H2. The highest BCUT2D eigenvalue weighted by Gasteiger charge is 2.35. The molecule has 0 aliphatic heterocycles. The molecule has 0 unspecified atom stereocenters. The van der Waals surface area contributed by atoms with Crippen LogP contribution >= 0.6 is 0 Å². The van der Waals surface area contributed by atoms with Gasteiger partial charge in [-0.05, 0) is 43.9 Å². The van der Waals surface area contributed by atoms with Crippen LogP contribution in [-0.4, -0.2) is 31.9 Å². The number of nitrogens with one attached hydrogen (secondary N) is 1. The molecule has 0 bridgehead atoms. The van der Waals surface area contributed by atoms with E-state index in [1.165, 1.54) is 12.1 Å². The Hall–Kier alpha value is -2.54. The zero-order valence-corrected chi connectivity index (χ0v) is 17.1. The summed E-state index contributed by atoms with van der Waals surface area (Å²) in [6.45, 7) is 0. The van der Waals surface area contributed by atoms with E-state index in [1.54, 1.807) is 0 Å². The molecule has 1 aliphatic carbocycles. The molecule has 32 heavy (non-hydrogen) atoms. The van der Waals surface area contributed by atoms with E-state index < -0.39 is 44.8 Å². The number of hydrogen-bond donors (Lipinski definition) is 1. The largest absolute Gasteiger partial charge is 0.573 e.